The van der Waals surface area contributed by atoms with E-state index in [0.29, 0.717) is 18.1 Å². The molecular weight excluding hydrogens is 272 g/mol. The number of thiazole rings is 1. The van der Waals surface area contributed by atoms with Gasteiger partial charge in [0.2, 0.25) is 0 Å². The second kappa shape index (κ2) is 4.86. The first-order valence-corrected chi connectivity index (χ1v) is 6.88. The van der Waals surface area contributed by atoms with Gasteiger partial charge in [-0.2, -0.15) is 5.10 Å². The van der Waals surface area contributed by atoms with Gasteiger partial charge in [-0.15, -0.1) is 11.3 Å². The Morgan fingerprint density at radius 3 is 2.50 bits per heavy atom. The lowest BCUT2D eigenvalue weighted by Gasteiger charge is -2.01. The smallest absolute Gasteiger partial charge is 0.145 e. The van der Waals surface area contributed by atoms with Crippen molar-refractivity contribution in [3.05, 3.63) is 40.8 Å². The predicted molar refractivity (Wildman–Crippen MR) is 82.1 cm³/mol. The Labute approximate surface area is 119 Å². The topological polar surface area (TPSA) is 109 Å². The lowest BCUT2D eigenvalue weighted by atomic mass is 10.1. The zero-order valence-corrected chi connectivity index (χ0v) is 11.5. The summed E-state index contributed by atoms with van der Waals surface area (Å²) in [6.07, 6.45) is 1.55. The first-order valence-electron chi connectivity index (χ1n) is 6.00. The average Bonchev–Trinajstić information content (AvgIpc) is 3.02. The highest BCUT2D eigenvalue weighted by Gasteiger charge is 2.09. The molecule has 7 heteroatoms. The van der Waals surface area contributed by atoms with Crippen molar-refractivity contribution in [2.45, 2.75) is 6.54 Å². The molecule has 20 heavy (non-hydrogen) atoms. The fraction of sp³-hybridized carbons (Fsp3) is 0.0769. The van der Waals surface area contributed by atoms with Gasteiger partial charge >= 0.3 is 0 Å². The maximum atomic E-state index is 5.82. The second-order valence-corrected chi connectivity index (χ2v) is 5.33. The van der Waals surface area contributed by atoms with Crippen LogP contribution in [0.1, 0.15) is 5.01 Å². The van der Waals surface area contributed by atoms with Gasteiger partial charge in [0.15, 0.2) is 0 Å². The quantitative estimate of drug-likeness (QED) is 0.636. The van der Waals surface area contributed by atoms with E-state index < -0.39 is 0 Å². The molecule has 2 heterocycles. The minimum atomic E-state index is 0.467. The largest absolute Gasteiger partial charge is 0.399 e. The summed E-state index contributed by atoms with van der Waals surface area (Å²) >= 11 is 1.56. The van der Waals surface area contributed by atoms with Crippen LogP contribution < -0.4 is 17.2 Å². The van der Waals surface area contributed by atoms with E-state index in [1.165, 1.54) is 0 Å². The molecule has 0 aliphatic heterocycles. The van der Waals surface area contributed by atoms with Crippen LogP contribution in [0.2, 0.25) is 0 Å². The zero-order chi connectivity index (χ0) is 14.1. The molecule has 0 saturated heterocycles. The molecule has 0 spiro atoms. The molecule has 0 saturated carbocycles. The maximum Gasteiger partial charge on any atom is 0.145 e. The summed E-state index contributed by atoms with van der Waals surface area (Å²) in [4.78, 5) is 4.58. The van der Waals surface area contributed by atoms with Crippen LogP contribution in [0, 0.1) is 0 Å². The molecule has 3 rings (SSSR count). The summed E-state index contributed by atoms with van der Waals surface area (Å²) in [5, 5.41) is 7.05. The zero-order valence-electron chi connectivity index (χ0n) is 10.7. The standard InChI is InChI=1S/C13H14N6S/c14-9-3-1-8(2-4-9)11-7-20-12(18-11)6-19-13(16)10(15)5-17-19/h1-5,7H,6,14-16H2. The van der Waals surface area contributed by atoms with Crippen molar-refractivity contribution in [2.24, 2.45) is 0 Å². The molecule has 0 aliphatic carbocycles. The van der Waals surface area contributed by atoms with E-state index in [9.17, 15) is 0 Å². The van der Waals surface area contributed by atoms with Crippen LogP contribution >= 0.6 is 11.3 Å². The SMILES string of the molecule is Nc1ccc(-c2csc(Cn3ncc(N)c3N)n2)cc1. The summed E-state index contributed by atoms with van der Waals surface area (Å²) in [6.45, 7) is 0.517. The first kappa shape index (κ1) is 12.5. The number of hydrogen-bond donors (Lipinski definition) is 3. The van der Waals surface area contributed by atoms with E-state index >= 15 is 0 Å². The Morgan fingerprint density at radius 2 is 1.85 bits per heavy atom. The van der Waals surface area contributed by atoms with E-state index in [4.69, 9.17) is 17.2 Å². The van der Waals surface area contributed by atoms with Crippen molar-refractivity contribution >= 4 is 28.5 Å². The van der Waals surface area contributed by atoms with E-state index in [1.54, 1.807) is 22.2 Å². The van der Waals surface area contributed by atoms with Crippen LogP contribution in [0.5, 0.6) is 0 Å². The number of nitrogens with two attached hydrogens (primary N) is 3. The summed E-state index contributed by atoms with van der Waals surface area (Å²) in [6, 6.07) is 7.63. The lowest BCUT2D eigenvalue weighted by Crippen LogP contribution is -2.06. The third kappa shape index (κ3) is 2.30. The van der Waals surface area contributed by atoms with Crippen LogP contribution in [-0.4, -0.2) is 14.8 Å². The second-order valence-electron chi connectivity index (χ2n) is 4.39. The molecule has 1 aromatic carbocycles. The fourth-order valence-electron chi connectivity index (χ4n) is 1.83. The van der Waals surface area contributed by atoms with Crippen molar-refractivity contribution in [2.75, 3.05) is 17.2 Å². The Morgan fingerprint density at radius 1 is 1.10 bits per heavy atom. The third-order valence-corrected chi connectivity index (χ3v) is 3.79. The maximum absolute atomic E-state index is 5.82. The van der Waals surface area contributed by atoms with Crippen molar-refractivity contribution in [1.29, 1.82) is 0 Å². The highest BCUT2D eigenvalue weighted by molar-refractivity contribution is 7.09. The average molecular weight is 286 g/mol. The van der Waals surface area contributed by atoms with Gasteiger partial charge in [0.05, 0.1) is 24.1 Å². The van der Waals surface area contributed by atoms with Gasteiger partial charge < -0.3 is 17.2 Å². The number of nitrogens with zero attached hydrogens (tertiary/aromatic N) is 3. The Kier molecular flexibility index (Phi) is 3.03. The monoisotopic (exact) mass is 286 g/mol. The number of aromatic nitrogens is 3. The predicted octanol–water partition coefficient (Wildman–Crippen LogP) is 1.80. The number of anilines is 3. The molecule has 0 atom stereocenters. The summed E-state index contributed by atoms with van der Waals surface area (Å²) in [5.74, 6) is 0.467. The Bertz CT molecular complexity index is 728. The first-order chi connectivity index (χ1) is 9.63. The summed E-state index contributed by atoms with van der Waals surface area (Å²) in [5.41, 5.74) is 20.3. The normalized spacial score (nSPS) is 10.8. The molecule has 0 fully saturated rings. The van der Waals surface area contributed by atoms with Crippen molar-refractivity contribution in [3.63, 3.8) is 0 Å². The molecule has 0 aliphatic rings. The lowest BCUT2D eigenvalue weighted by molar-refractivity contribution is 0.694. The highest BCUT2D eigenvalue weighted by atomic mass is 32.1. The minimum Gasteiger partial charge on any atom is -0.399 e. The van der Waals surface area contributed by atoms with Crippen molar-refractivity contribution in [1.82, 2.24) is 14.8 Å². The van der Waals surface area contributed by atoms with Crippen LogP contribution in [0.4, 0.5) is 17.2 Å². The van der Waals surface area contributed by atoms with Gasteiger partial charge in [-0.3, -0.25) is 0 Å². The van der Waals surface area contributed by atoms with Gasteiger partial charge in [-0.1, -0.05) is 12.1 Å². The van der Waals surface area contributed by atoms with E-state index in [-0.39, 0.29) is 0 Å². The molecule has 6 N–H and O–H groups in total. The molecule has 0 amide bonds. The summed E-state index contributed by atoms with van der Waals surface area (Å²) in [7, 11) is 0. The molecule has 0 unspecified atom stereocenters. The number of rotatable bonds is 3. The Balaban J connectivity index is 1.83. The minimum absolute atomic E-state index is 0.467. The molecule has 6 nitrogen and oxygen atoms in total. The number of benzene rings is 1. The number of hydrogen-bond acceptors (Lipinski definition) is 6. The molecule has 2 aromatic heterocycles. The highest BCUT2D eigenvalue weighted by Crippen LogP contribution is 2.24. The van der Waals surface area contributed by atoms with E-state index in [1.807, 2.05) is 29.6 Å². The van der Waals surface area contributed by atoms with Gasteiger partial charge in [-0.05, 0) is 12.1 Å². The summed E-state index contributed by atoms with van der Waals surface area (Å²) < 4.78 is 1.64. The fourth-order valence-corrected chi connectivity index (χ4v) is 2.62. The van der Waals surface area contributed by atoms with Crippen LogP contribution in [0.25, 0.3) is 11.3 Å². The van der Waals surface area contributed by atoms with Crippen molar-refractivity contribution < 1.29 is 0 Å². The third-order valence-electron chi connectivity index (χ3n) is 2.95. The van der Waals surface area contributed by atoms with Gasteiger partial charge in [-0.25, -0.2) is 9.67 Å². The van der Waals surface area contributed by atoms with Gasteiger partial charge in [0, 0.05) is 16.6 Å². The number of nitrogen functional groups attached to an aromatic ring is 3. The Hall–Kier alpha value is -2.54. The molecular formula is C13H14N6S. The van der Waals surface area contributed by atoms with Crippen LogP contribution in [-0.2, 0) is 6.54 Å². The molecule has 0 bridgehead atoms. The van der Waals surface area contributed by atoms with E-state index in [0.717, 1.165) is 22.0 Å². The van der Waals surface area contributed by atoms with Gasteiger partial charge in [0.25, 0.3) is 0 Å². The molecule has 3 aromatic rings. The van der Waals surface area contributed by atoms with Gasteiger partial charge in [0.1, 0.15) is 10.8 Å². The molecule has 0 radical (unpaired) electrons. The molecule has 102 valence electrons. The van der Waals surface area contributed by atoms with Crippen molar-refractivity contribution in [3.8, 4) is 11.3 Å². The van der Waals surface area contributed by atoms with E-state index in [2.05, 4.69) is 10.1 Å². The van der Waals surface area contributed by atoms with Crippen LogP contribution in [0.15, 0.2) is 35.8 Å². The van der Waals surface area contributed by atoms with Crippen LogP contribution in [0.3, 0.4) is 0 Å².